The van der Waals surface area contributed by atoms with E-state index >= 15 is 0 Å². The third-order valence-electron chi connectivity index (χ3n) is 3.24. The number of aliphatic imine (C=N–C) groups is 1. The first-order chi connectivity index (χ1) is 6.74. The average molecular weight is 193 g/mol. The topological polar surface area (TPSA) is 12.4 Å². The molecule has 1 aliphatic carbocycles. The van der Waals surface area contributed by atoms with Gasteiger partial charge in [0.25, 0.3) is 0 Å². The van der Waals surface area contributed by atoms with E-state index < -0.39 is 0 Å². The highest BCUT2D eigenvalue weighted by atomic mass is 14.7. The van der Waals surface area contributed by atoms with Crippen molar-refractivity contribution in [3.8, 4) is 0 Å². The minimum atomic E-state index is 0.643. The van der Waals surface area contributed by atoms with Gasteiger partial charge in [-0.25, -0.2) is 0 Å². The Morgan fingerprint density at radius 3 is 2.71 bits per heavy atom. The second kappa shape index (κ2) is 6.00. The first kappa shape index (κ1) is 11.5. The van der Waals surface area contributed by atoms with Gasteiger partial charge in [-0.2, -0.15) is 0 Å². The Labute approximate surface area is 88.3 Å². The van der Waals surface area contributed by atoms with Crippen LogP contribution in [-0.4, -0.2) is 6.21 Å². The summed E-state index contributed by atoms with van der Waals surface area (Å²) in [7, 11) is 0. The Kier molecular flexibility index (Phi) is 4.92. The van der Waals surface area contributed by atoms with E-state index in [4.69, 9.17) is 0 Å². The molecule has 1 rings (SSSR count). The first-order valence-electron chi connectivity index (χ1n) is 5.92. The highest BCUT2D eigenvalue weighted by Gasteiger charge is 2.27. The quantitative estimate of drug-likeness (QED) is 0.584. The molecule has 1 saturated carbocycles. The summed E-state index contributed by atoms with van der Waals surface area (Å²) in [5.41, 5.74) is 0. The zero-order chi connectivity index (χ0) is 10.4. The van der Waals surface area contributed by atoms with Crippen molar-refractivity contribution in [2.45, 2.75) is 46.5 Å². The standard InChI is InChI=1S/C13H23N/c1-4-5-8-14-10-11(2)9-13-7-6-12(13)3/h5,8,10-13H,4,6-7,9H2,1-3H3/b8-5+,14-10+. The van der Waals surface area contributed by atoms with E-state index in [1.807, 2.05) is 6.20 Å². The van der Waals surface area contributed by atoms with E-state index in [9.17, 15) is 0 Å². The van der Waals surface area contributed by atoms with Crippen molar-refractivity contribution in [3.63, 3.8) is 0 Å². The molecular weight excluding hydrogens is 170 g/mol. The van der Waals surface area contributed by atoms with Crippen LogP contribution in [0.5, 0.6) is 0 Å². The van der Waals surface area contributed by atoms with Crippen molar-refractivity contribution in [1.29, 1.82) is 0 Å². The van der Waals surface area contributed by atoms with Crippen LogP contribution in [0.4, 0.5) is 0 Å². The minimum absolute atomic E-state index is 0.643. The summed E-state index contributed by atoms with van der Waals surface area (Å²) in [5.74, 6) is 2.56. The molecule has 0 heterocycles. The van der Waals surface area contributed by atoms with E-state index in [0.717, 1.165) is 18.3 Å². The van der Waals surface area contributed by atoms with Gasteiger partial charge in [-0.15, -0.1) is 0 Å². The molecule has 14 heavy (non-hydrogen) atoms. The lowest BCUT2D eigenvalue weighted by molar-refractivity contribution is 0.174. The highest BCUT2D eigenvalue weighted by Crippen LogP contribution is 2.37. The Bertz CT molecular complexity index is 205. The summed E-state index contributed by atoms with van der Waals surface area (Å²) >= 11 is 0. The van der Waals surface area contributed by atoms with E-state index in [2.05, 4.69) is 38.1 Å². The van der Waals surface area contributed by atoms with Gasteiger partial charge >= 0.3 is 0 Å². The van der Waals surface area contributed by atoms with Gasteiger partial charge in [0.15, 0.2) is 0 Å². The number of rotatable bonds is 5. The maximum absolute atomic E-state index is 4.29. The van der Waals surface area contributed by atoms with Crippen molar-refractivity contribution >= 4 is 6.21 Å². The molecular formula is C13H23N. The van der Waals surface area contributed by atoms with E-state index in [1.54, 1.807) is 0 Å². The Morgan fingerprint density at radius 2 is 2.21 bits per heavy atom. The molecule has 0 aromatic rings. The number of nitrogens with zero attached hydrogens (tertiary/aromatic N) is 1. The van der Waals surface area contributed by atoms with Crippen LogP contribution in [0.2, 0.25) is 0 Å². The van der Waals surface area contributed by atoms with Gasteiger partial charge in [-0.3, -0.25) is 4.99 Å². The van der Waals surface area contributed by atoms with E-state index in [1.165, 1.54) is 19.3 Å². The van der Waals surface area contributed by atoms with Crippen LogP contribution in [-0.2, 0) is 0 Å². The molecule has 1 fully saturated rings. The van der Waals surface area contributed by atoms with Crippen molar-refractivity contribution in [3.05, 3.63) is 12.3 Å². The fourth-order valence-electron chi connectivity index (χ4n) is 1.99. The Balaban J connectivity index is 2.18. The van der Waals surface area contributed by atoms with Gasteiger partial charge in [-0.05, 0) is 37.0 Å². The summed E-state index contributed by atoms with van der Waals surface area (Å²) in [6, 6.07) is 0. The lowest BCUT2D eigenvalue weighted by atomic mass is 9.71. The van der Waals surface area contributed by atoms with E-state index in [0.29, 0.717) is 5.92 Å². The number of hydrogen-bond donors (Lipinski definition) is 0. The van der Waals surface area contributed by atoms with Gasteiger partial charge in [0, 0.05) is 12.4 Å². The summed E-state index contributed by atoms with van der Waals surface area (Å²) < 4.78 is 0. The summed E-state index contributed by atoms with van der Waals surface area (Å²) in [6.07, 6.45) is 11.4. The third-order valence-corrected chi connectivity index (χ3v) is 3.24. The molecule has 0 radical (unpaired) electrons. The lowest BCUT2D eigenvalue weighted by Crippen LogP contribution is -2.25. The predicted octanol–water partition coefficient (Wildman–Crippen LogP) is 4.05. The third kappa shape index (κ3) is 3.65. The first-order valence-corrected chi connectivity index (χ1v) is 5.92. The van der Waals surface area contributed by atoms with Crippen LogP contribution >= 0.6 is 0 Å². The summed E-state index contributed by atoms with van der Waals surface area (Å²) in [6.45, 7) is 6.77. The molecule has 0 bridgehead atoms. The van der Waals surface area contributed by atoms with Gasteiger partial charge in [0.05, 0.1) is 0 Å². The van der Waals surface area contributed by atoms with Gasteiger partial charge < -0.3 is 0 Å². The molecule has 1 aliphatic rings. The molecule has 0 aromatic heterocycles. The SMILES string of the molecule is CC/C=C/N=C/C(C)CC1CCC1C. The number of hydrogen-bond acceptors (Lipinski definition) is 1. The molecule has 0 amide bonds. The average Bonchev–Trinajstić information content (AvgIpc) is 2.19. The van der Waals surface area contributed by atoms with Gasteiger partial charge in [0.2, 0.25) is 0 Å². The molecule has 3 unspecified atom stereocenters. The zero-order valence-electron chi connectivity index (χ0n) is 9.74. The van der Waals surface area contributed by atoms with Crippen LogP contribution in [0, 0.1) is 17.8 Å². The molecule has 0 aliphatic heterocycles. The normalized spacial score (nSPS) is 29.6. The summed E-state index contributed by atoms with van der Waals surface area (Å²) in [5, 5.41) is 0. The molecule has 0 aromatic carbocycles. The van der Waals surface area contributed by atoms with Crippen LogP contribution in [0.1, 0.15) is 46.5 Å². The lowest BCUT2D eigenvalue weighted by Gasteiger charge is -2.35. The fraction of sp³-hybridized carbons (Fsp3) is 0.769. The van der Waals surface area contributed by atoms with Gasteiger partial charge in [-0.1, -0.05) is 33.3 Å². The second-order valence-corrected chi connectivity index (χ2v) is 4.62. The highest BCUT2D eigenvalue weighted by molar-refractivity contribution is 5.60. The maximum Gasteiger partial charge on any atom is 0.0223 e. The molecule has 0 spiro atoms. The summed E-state index contributed by atoms with van der Waals surface area (Å²) in [4.78, 5) is 4.29. The van der Waals surface area contributed by atoms with Crippen molar-refractivity contribution in [1.82, 2.24) is 0 Å². The van der Waals surface area contributed by atoms with Crippen molar-refractivity contribution < 1.29 is 0 Å². The predicted molar refractivity (Wildman–Crippen MR) is 63.6 cm³/mol. The molecule has 1 nitrogen and oxygen atoms in total. The monoisotopic (exact) mass is 193 g/mol. The van der Waals surface area contributed by atoms with Gasteiger partial charge in [0.1, 0.15) is 0 Å². The molecule has 1 heteroatoms. The maximum atomic E-state index is 4.29. The van der Waals surface area contributed by atoms with Crippen LogP contribution in [0.25, 0.3) is 0 Å². The fourth-order valence-corrected chi connectivity index (χ4v) is 1.99. The van der Waals surface area contributed by atoms with Crippen LogP contribution in [0.3, 0.4) is 0 Å². The zero-order valence-corrected chi connectivity index (χ0v) is 9.74. The van der Waals surface area contributed by atoms with E-state index in [-0.39, 0.29) is 0 Å². The Hall–Kier alpha value is -0.590. The number of allylic oxidation sites excluding steroid dienone is 1. The van der Waals surface area contributed by atoms with Crippen molar-refractivity contribution in [2.75, 3.05) is 0 Å². The van der Waals surface area contributed by atoms with Crippen molar-refractivity contribution in [2.24, 2.45) is 22.7 Å². The Morgan fingerprint density at radius 1 is 1.43 bits per heavy atom. The smallest absolute Gasteiger partial charge is 0.0223 e. The minimum Gasteiger partial charge on any atom is -0.269 e. The largest absolute Gasteiger partial charge is 0.269 e. The second-order valence-electron chi connectivity index (χ2n) is 4.62. The molecule has 3 atom stereocenters. The molecule has 0 N–H and O–H groups in total. The van der Waals surface area contributed by atoms with Crippen LogP contribution in [0.15, 0.2) is 17.3 Å². The van der Waals surface area contributed by atoms with Crippen LogP contribution < -0.4 is 0 Å². The molecule has 80 valence electrons. The molecule has 0 saturated heterocycles.